The molecule has 0 unspecified atom stereocenters. The third-order valence-corrected chi connectivity index (χ3v) is 5.64. The van der Waals surface area contributed by atoms with Crippen LogP contribution in [0.1, 0.15) is 10.4 Å². The van der Waals surface area contributed by atoms with Gasteiger partial charge in [0.15, 0.2) is 5.96 Å². The molecule has 0 amide bonds. The molecule has 0 atom stereocenters. The molecule has 0 aliphatic carbocycles. The molecule has 0 aliphatic heterocycles. The molecule has 1 aromatic carbocycles. The first kappa shape index (κ1) is 17.5. The van der Waals surface area contributed by atoms with Crippen LogP contribution in [0.3, 0.4) is 0 Å². The molecule has 4 N–H and O–H groups in total. The average molecular weight is 352 g/mol. The summed E-state index contributed by atoms with van der Waals surface area (Å²) in [5.74, 6) is 0.673. The Morgan fingerprint density at radius 2 is 1.91 bits per heavy atom. The number of hydrogen-bond donors (Lipinski definition) is 3. The van der Waals surface area contributed by atoms with Crippen molar-refractivity contribution in [3.05, 3.63) is 52.9 Å². The Balaban J connectivity index is 1.80. The van der Waals surface area contributed by atoms with Crippen molar-refractivity contribution < 1.29 is 8.42 Å². The van der Waals surface area contributed by atoms with Crippen LogP contribution in [0.4, 0.5) is 0 Å². The molecular formula is C15H20N4O2S2. The van der Waals surface area contributed by atoms with E-state index in [-0.39, 0.29) is 4.21 Å². The average Bonchev–Trinajstić information content (AvgIpc) is 3.01. The van der Waals surface area contributed by atoms with Gasteiger partial charge in [0, 0.05) is 18.5 Å². The number of aliphatic imine (C=N–C) groups is 1. The normalized spacial score (nSPS) is 12.2. The van der Waals surface area contributed by atoms with Crippen molar-refractivity contribution in [2.24, 2.45) is 10.1 Å². The number of primary sulfonamides is 1. The lowest BCUT2D eigenvalue weighted by Gasteiger charge is -2.11. The van der Waals surface area contributed by atoms with Crippen molar-refractivity contribution in [3.8, 4) is 0 Å². The molecule has 124 valence electrons. The summed E-state index contributed by atoms with van der Waals surface area (Å²) in [6.45, 7) is 1.25. The van der Waals surface area contributed by atoms with Crippen LogP contribution in [0.5, 0.6) is 0 Å². The van der Waals surface area contributed by atoms with Crippen molar-refractivity contribution >= 4 is 27.3 Å². The van der Waals surface area contributed by atoms with Crippen molar-refractivity contribution in [2.45, 2.75) is 17.2 Å². The third kappa shape index (κ3) is 5.66. The van der Waals surface area contributed by atoms with E-state index in [1.54, 1.807) is 13.1 Å². The van der Waals surface area contributed by atoms with Gasteiger partial charge in [0.25, 0.3) is 0 Å². The summed E-state index contributed by atoms with van der Waals surface area (Å²) >= 11 is 1.15. The quantitative estimate of drug-likeness (QED) is 0.539. The Morgan fingerprint density at radius 1 is 1.17 bits per heavy atom. The fourth-order valence-corrected chi connectivity index (χ4v) is 3.69. The lowest BCUT2D eigenvalue weighted by molar-refractivity contribution is 0.600. The van der Waals surface area contributed by atoms with E-state index in [0.29, 0.717) is 12.5 Å². The number of nitrogens with one attached hydrogen (secondary N) is 2. The number of rotatable bonds is 6. The maximum absolute atomic E-state index is 11.2. The van der Waals surface area contributed by atoms with Gasteiger partial charge in [-0.15, -0.1) is 11.3 Å². The highest BCUT2D eigenvalue weighted by molar-refractivity contribution is 7.91. The van der Waals surface area contributed by atoms with Crippen LogP contribution in [0, 0.1) is 0 Å². The lowest BCUT2D eigenvalue weighted by Crippen LogP contribution is -2.37. The van der Waals surface area contributed by atoms with Crippen molar-refractivity contribution in [1.82, 2.24) is 10.6 Å². The van der Waals surface area contributed by atoms with Gasteiger partial charge in [-0.3, -0.25) is 4.99 Å². The Labute approximate surface area is 140 Å². The van der Waals surface area contributed by atoms with E-state index in [1.807, 2.05) is 18.2 Å². The first-order valence-electron chi connectivity index (χ1n) is 7.09. The minimum atomic E-state index is -3.63. The molecule has 2 rings (SSSR count). The molecule has 0 radical (unpaired) electrons. The smallest absolute Gasteiger partial charge is 0.247 e. The zero-order chi connectivity index (χ0) is 16.7. The van der Waals surface area contributed by atoms with Crippen LogP contribution in [-0.4, -0.2) is 28.0 Å². The third-order valence-electron chi connectivity index (χ3n) is 3.12. The SMILES string of the molecule is CN=C(NCCc1ccccc1)NCc1ccc(S(N)(=O)=O)s1. The predicted octanol–water partition coefficient (Wildman–Crippen LogP) is 1.30. The molecule has 23 heavy (non-hydrogen) atoms. The second-order valence-corrected chi connectivity index (χ2v) is 7.81. The number of hydrogen-bond acceptors (Lipinski definition) is 4. The highest BCUT2D eigenvalue weighted by atomic mass is 32.2. The number of nitrogens with zero attached hydrogens (tertiary/aromatic N) is 1. The van der Waals surface area contributed by atoms with Gasteiger partial charge in [-0.2, -0.15) is 0 Å². The fraction of sp³-hybridized carbons (Fsp3) is 0.267. The summed E-state index contributed by atoms with van der Waals surface area (Å²) in [7, 11) is -1.93. The van der Waals surface area contributed by atoms with Gasteiger partial charge < -0.3 is 10.6 Å². The maximum atomic E-state index is 11.2. The molecular weight excluding hydrogens is 332 g/mol. The van der Waals surface area contributed by atoms with E-state index in [1.165, 1.54) is 11.6 Å². The monoisotopic (exact) mass is 352 g/mol. The van der Waals surface area contributed by atoms with Crippen LogP contribution in [0.15, 0.2) is 51.7 Å². The summed E-state index contributed by atoms with van der Waals surface area (Å²) in [5, 5.41) is 11.5. The van der Waals surface area contributed by atoms with Crippen molar-refractivity contribution in [3.63, 3.8) is 0 Å². The molecule has 0 saturated carbocycles. The number of sulfonamides is 1. The molecule has 0 aliphatic rings. The van der Waals surface area contributed by atoms with Crippen LogP contribution in [0.2, 0.25) is 0 Å². The Hall–Kier alpha value is -1.90. The summed E-state index contributed by atoms with van der Waals surface area (Å²) in [4.78, 5) is 5.02. The van der Waals surface area contributed by atoms with Gasteiger partial charge in [0.05, 0.1) is 6.54 Å². The van der Waals surface area contributed by atoms with Crippen LogP contribution >= 0.6 is 11.3 Å². The molecule has 0 bridgehead atoms. The van der Waals surface area contributed by atoms with Gasteiger partial charge in [-0.25, -0.2) is 13.6 Å². The number of benzene rings is 1. The second-order valence-electron chi connectivity index (χ2n) is 4.85. The van der Waals surface area contributed by atoms with Crippen molar-refractivity contribution in [2.75, 3.05) is 13.6 Å². The van der Waals surface area contributed by atoms with Gasteiger partial charge in [0.2, 0.25) is 10.0 Å². The summed E-state index contributed by atoms with van der Waals surface area (Å²) in [6.07, 6.45) is 0.899. The fourth-order valence-electron chi connectivity index (χ4n) is 1.97. The Kier molecular flexibility index (Phi) is 6.14. The van der Waals surface area contributed by atoms with Gasteiger partial charge in [-0.05, 0) is 24.1 Å². The molecule has 6 nitrogen and oxygen atoms in total. The summed E-state index contributed by atoms with van der Waals surface area (Å²) < 4.78 is 22.7. The maximum Gasteiger partial charge on any atom is 0.247 e. The molecule has 1 aromatic heterocycles. The zero-order valence-electron chi connectivity index (χ0n) is 12.8. The molecule has 0 spiro atoms. The standard InChI is InChI=1S/C15H20N4O2S2/c1-17-15(18-10-9-12-5-3-2-4-6-12)19-11-13-7-8-14(22-13)23(16,20)21/h2-8H,9-11H2,1H3,(H2,16,20,21)(H2,17,18,19). The van der Waals surface area contributed by atoms with E-state index in [4.69, 9.17) is 5.14 Å². The van der Waals surface area contributed by atoms with Gasteiger partial charge in [-0.1, -0.05) is 30.3 Å². The molecule has 2 aromatic rings. The van der Waals surface area contributed by atoms with E-state index in [0.717, 1.165) is 29.2 Å². The van der Waals surface area contributed by atoms with Gasteiger partial charge >= 0.3 is 0 Å². The first-order valence-corrected chi connectivity index (χ1v) is 9.45. The number of nitrogens with two attached hydrogens (primary N) is 1. The Bertz CT molecular complexity index is 755. The largest absolute Gasteiger partial charge is 0.356 e. The second kappa shape index (κ2) is 8.09. The molecule has 8 heteroatoms. The minimum Gasteiger partial charge on any atom is -0.356 e. The zero-order valence-corrected chi connectivity index (χ0v) is 14.5. The highest BCUT2D eigenvalue weighted by Crippen LogP contribution is 2.19. The van der Waals surface area contributed by atoms with Crippen LogP contribution in [-0.2, 0) is 23.0 Å². The van der Waals surface area contributed by atoms with E-state index >= 15 is 0 Å². The molecule has 1 heterocycles. The lowest BCUT2D eigenvalue weighted by atomic mass is 10.1. The summed E-state index contributed by atoms with van der Waals surface area (Å²) in [5.41, 5.74) is 1.26. The van der Waals surface area contributed by atoms with E-state index in [2.05, 4.69) is 27.8 Å². The minimum absolute atomic E-state index is 0.168. The van der Waals surface area contributed by atoms with Crippen molar-refractivity contribution in [1.29, 1.82) is 0 Å². The van der Waals surface area contributed by atoms with E-state index < -0.39 is 10.0 Å². The van der Waals surface area contributed by atoms with E-state index in [9.17, 15) is 8.42 Å². The Morgan fingerprint density at radius 3 is 2.52 bits per heavy atom. The topological polar surface area (TPSA) is 96.6 Å². The first-order chi connectivity index (χ1) is 11.0. The van der Waals surface area contributed by atoms with Crippen LogP contribution in [0.25, 0.3) is 0 Å². The predicted molar refractivity (Wildman–Crippen MR) is 94.0 cm³/mol. The summed E-state index contributed by atoms with van der Waals surface area (Å²) in [6, 6.07) is 13.5. The number of guanidine groups is 1. The molecule has 0 saturated heterocycles. The number of thiophene rings is 1. The highest BCUT2D eigenvalue weighted by Gasteiger charge is 2.11. The van der Waals surface area contributed by atoms with Crippen LogP contribution < -0.4 is 15.8 Å². The molecule has 0 fully saturated rings. The van der Waals surface area contributed by atoms with Gasteiger partial charge in [0.1, 0.15) is 4.21 Å².